The van der Waals surface area contributed by atoms with Gasteiger partial charge in [0.15, 0.2) is 5.03 Å². The summed E-state index contributed by atoms with van der Waals surface area (Å²) in [5, 5.41) is 12.7. The van der Waals surface area contributed by atoms with Gasteiger partial charge in [0.25, 0.3) is 10.0 Å². The molecule has 0 aliphatic carbocycles. The molecule has 2 aliphatic rings. The van der Waals surface area contributed by atoms with Crippen molar-refractivity contribution in [1.29, 1.82) is 0 Å². The monoisotopic (exact) mass is 606 g/mol. The molecule has 3 atom stereocenters. The van der Waals surface area contributed by atoms with E-state index in [1.165, 1.54) is 23.9 Å². The predicted octanol–water partition coefficient (Wildman–Crippen LogP) is 0.551. The zero-order chi connectivity index (χ0) is 30.4. The van der Waals surface area contributed by atoms with Gasteiger partial charge in [-0.2, -0.15) is 4.31 Å². The highest BCUT2D eigenvalue weighted by Gasteiger charge is 2.34. The maximum atomic E-state index is 13.5. The number of hydrogen-bond acceptors (Lipinski definition) is 9. The molecule has 2 aromatic rings. The van der Waals surface area contributed by atoms with Gasteiger partial charge >= 0.3 is 0 Å². The number of hydrogen-bond donors (Lipinski definition) is 2. The second-order valence-electron chi connectivity index (χ2n) is 11.1. The molecule has 0 radical (unpaired) electrons. The number of carbonyl (C=O) groups excluding carboxylic acids is 2. The molecule has 232 valence electrons. The minimum atomic E-state index is -3.88. The molecule has 14 heteroatoms. The van der Waals surface area contributed by atoms with Gasteiger partial charge in [0.2, 0.25) is 11.8 Å². The van der Waals surface area contributed by atoms with Crippen molar-refractivity contribution in [3.63, 3.8) is 0 Å². The third kappa shape index (κ3) is 7.86. The molecule has 2 aliphatic heterocycles. The van der Waals surface area contributed by atoms with E-state index in [0.717, 1.165) is 13.1 Å². The Morgan fingerprint density at radius 2 is 2.02 bits per heavy atom. The molecule has 1 aromatic carbocycles. The van der Waals surface area contributed by atoms with Gasteiger partial charge in [-0.05, 0) is 25.1 Å². The number of aliphatic hydroxyl groups is 1. The summed E-state index contributed by atoms with van der Waals surface area (Å²) in [7, 11) is -0.714. The van der Waals surface area contributed by atoms with Crippen molar-refractivity contribution in [3.05, 3.63) is 36.3 Å². The number of aryl methyl sites for hydroxylation is 1. The number of fused-ring (bicyclic) bond motifs is 1. The summed E-state index contributed by atoms with van der Waals surface area (Å²) < 4.78 is 41.0. The number of ether oxygens (including phenoxy) is 2. The number of imidazole rings is 1. The summed E-state index contributed by atoms with van der Waals surface area (Å²) >= 11 is 0. The summed E-state index contributed by atoms with van der Waals surface area (Å²) in [5.74, 6) is -0.178. The summed E-state index contributed by atoms with van der Waals surface area (Å²) in [6.07, 6.45) is 2.56. The molecule has 2 amide bonds. The SMILES string of the molecule is C[C@H]1CN([C@@H](C)CO)C(=O)Cc2cc(NC(=O)CCN3CCOCC3)ccc2O[C@H]1CN(C)S(=O)(=O)c1cn(C)cn1. The molecular weight excluding hydrogens is 564 g/mol. The molecule has 0 saturated carbocycles. The van der Waals surface area contributed by atoms with Gasteiger partial charge in [0.05, 0.1) is 45.2 Å². The van der Waals surface area contributed by atoms with Gasteiger partial charge in [-0.25, -0.2) is 13.4 Å². The van der Waals surface area contributed by atoms with Crippen LogP contribution in [-0.2, 0) is 37.8 Å². The number of nitrogens with one attached hydrogen (secondary N) is 1. The van der Waals surface area contributed by atoms with Crippen molar-refractivity contribution in [3.8, 4) is 5.75 Å². The third-order valence-corrected chi connectivity index (χ3v) is 9.46. The van der Waals surface area contributed by atoms with Crippen molar-refractivity contribution < 1.29 is 32.6 Å². The highest BCUT2D eigenvalue weighted by molar-refractivity contribution is 7.89. The standard InChI is InChI=1S/C28H42N6O7S/c1-20-15-34(21(2)18-35)28(37)14-22-13-23(30-26(36)7-8-33-9-11-40-12-10-33)5-6-24(22)41-25(20)16-32(4)42(38,39)27-17-31(3)19-29-27/h5-6,13,17,19-21,25,35H,7-12,14-16,18H2,1-4H3,(H,30,36)/t20-,21-,25-/m0/s1. The molecule has 1 saturated heterocycles. The molecule has 4 rings (SSSR count). The van der Waals surface area contributed by atoms with Gasteiger partial charge in [0, 0.05) is 70.1 Å². The van der Waals surface area contributed by atoms with Crippen LogP contribution >= 0.6 is 0 Å². The zero-order valence-electron chi connectivity index (χ0n) is 24.7. The summed E-state index contributed by atoms with van der Waals surface area (Å²) in [4.78, 5) is 34.0. The van der Waals surface area contributed by atoms with Gasteiger partial charge < -0.3 is 29.4 Å². The summed E-state index contributed by atoms with van der Waals surface area (Å²) in [5.41, 5.74) is 1.10. The highest BCUT2D eigenvalue weighted by atomic mass is 32.2. The number of anilines is 1. The minimum absolute atomic E-state index is 0.00131. The maximum Gasteiger partial charge on any atom is 0.261 e. The lowest BCUT2D eigenvalue weighted by atomic mass is 10.0. The van der Waals surface area contributed by atoms with E-state index in [0.29, 0.717) is 43.2 Å². The average Bonchev–Trinajstić information content (AvgIpc) is 3.43. The minimum Gasteiger partial charge on any atom is -0.488 e. The first-order valence-electron chi connectivity index (χ1n) is 14.2. The van der Waals surface area contributed by atoms with Crippen molar-refractivity contribution in [2.45, 2.75) is 43.9 Å². The van der Waals surface area contributed by atoms with Gasteiger partial charge in [0.1, 0.15) is 11.9 Å². The van der Waals surface area contributed by atoms with Crippen molar-refractivity contribution in [2.75, 3.05) is 64.9 Å². The largest absolute Gasteiger partial charge is 0.488 e. The molecule has 0 unspecified atom stereocenters. The quantitative estimate of drug-likeness (QED) is 0.396. The first kappa shape index (κ1) is 31.9. The van der Waals surface area contributed by atoms with Crippen molar-refractivity contribution >= 4 is 27.5 Å². The molecule has 1 aromatic heterocycles. The number of sulfonamides is 1. The lowest BCUT2D eigenvalue weighted by molar-refractivity contribution is -0.134. The third-order valence-electron chi connectivity index (χ3n) is 7.75. The van der Waals surface area contributed by atoms with Crippen LogP contribution in [0.4, 0.5) is 5.69 Å². The fourth-order valence-electron chi connectivity index (χ4n) is 5.07. The number of aromatic nitrogens is 2. The van der Waals surface area contributed by atoms with Gasteiger partial charge in [-0.15, -0.1) is 0 Å². The summed E-state index contributed by atoms with van der Waals surface area (Å²) in [6.45, 7) is 7.27. The molecule has 0 spiro atoms. The Morgan fingerprint density at radius 3 is 2.69 bits per heavy atom. The lowest BCUT2D eigenvalue weighted by Gasteiger charge is -2.33. The Morgan fingerprint density at radius 1 is 1.29 bits per heavy atom. The number of aliphatic hydroxyl groups excluding tert-OH is 1. The van der Waals surface area contributed by atoms with E-state index >= 15 is 0 Å². The van der Waals surface area contributed by atoms with Gasteiger partial charge in [-0.3, -0.25) is 14.5 Å². The fraction of sp³-hybridized carbons (Fsp3) is 0.607. The molecule has 13 nitrogen and oxygen atoms in total. The van der Waals surface area contributed by atoms with E-state index in [1.807, 2.05) is 6.92 Å². The van der Waals surface area contributed by atoms with Crippen LogP contribution in [0.3, 0.4) is 0 Å². The first-order chi connectivity index (χ1) is 20.0. The number of carbonyl (C=O) groups is 2. The number of amides is 2. The zero-order valence-corrected chi connectivity index (χ0v) is 25.5. The van der Waals surface area contributed by atoms with E-state index in [4.69, 9.17) is 9.47 Å². The van der Waals surface area contributed by atoms with Crippen LogP contribution in [0.1, 0.15) is 25.8 Å². The second-order valence-corrected chi connectivity index (χ2v) is 13.1. The van der Waals surface area contributed by atoms with E-state index in [-0.39, 0.29) is 48.9 Å². The Balaban J connectivity index is 1.55. The van der Waals surface area contributed by atoms with Gasteiger partial charge in [-0.1, -0.05) is 6.92 Å². The van der Waals surface area contributed by atoms with Crippen molar-refractivity contribution in [1.82, 2.24) is 23.7 Å². The molecular formula is C28H42N6O7S. The number of likely N-dealkylation sites (N-methyl/N-ethyl adjacent to an activating group) is 1. The maximum absolute atomic E-state index is 13.5. The Hall–Kier alpha value is -3.04. The van der Waals surface area contributed by atoms with E-state index in [2.05, 4.69) is 15.2 Å². The van der Waals surface area contributed by atoms with Crippen LogP contribution in [0.15, 0.2) is 35.7 Å². The molecule has 3 heterocycles. The Kier molecular flexibility index (Phi) is 10.6. The molecule has 0 bridgehead atoms. The van der Waals surface area contributed by atoms with Crippen LogP contribution < -0.4 is 10.1 Å². The first-order valence-corrected chi connectivity index (χ1v) is 15.7. The topological polar surface area (TPSA) is 147 Å². The smallest absolute Gasteiger partial charge is 0.261 e. The second kappa shape index (κ2) is 14.0. The van der Waals surface area contributed by atoms with Crippen LogP contribution in [0, 0.1) is 5.92 Å². The highest BCUT2D eigenvalue weighted by Crippen LogP contribution is 2.30. The average molecular weight is 607 g/mol. The summed E-state index contributed by atoms with van der Waals surface area (Å²) in [6, 6.07) is 4.71. The van der Waals surface area contributed by atoms with Crippen LogP contribution in [-0.4, -0.2) is 121 Å². The predicted molar refractivity (Wildman–Crippen MR) is 156 cm³/mol. The van der Waals surface area contributed by atoms with Crippen LogP contribution in [0.2, 0.25) is 0 Å². The lowest BCUT2D eigenvalue weighted by Crippen LogP contribution is -2.48. The van der Waals surface area contributed by atoms with Crippen molar-refractivity contribution in [2.24, 2.45) is 13.0 Å². The molecule has 42 heavy (non-hydrogen) atoms. The van der Waals surface area contributed by atoms with Crippen LogP contribution in [0.5, 0.6) is 5.75 Å². The normalized spacial score (nSPS) is 21.2. The number of rotatable bonds is 10. The number of nitrogens with zero attached hydrogens (tertiary/aromatic N) is 5. The Bertz CT molecular complexity index is 1340. The fourth-order valence-corrected chi connectivity index (χ4v) is 6.21. The van der Waals surface area contributed by atoms with E-state index in [9.17, 15) is 23.1 Å². The number of benzene rings is 1. The molecule has 2 N–H and O–H groups in total. The van der Waals surface area contributed by atoms with E-state index < -0.39 is 22.2 Å². The van der Waals surface area contributed by atoms with E-state index in [1.54, 1.807) is 41.6 Å². The Labute approximate surface area is 247 Å². The van der Waals surface area contributed by atoms with Crippen LogP contribution in [0.25, 0.3) is 0 Å². The number of morpholine rings is 1. The molecule has 1 fully saturated rings.